The maximum atomic E-state index is 14.3. The van der Waals surface area contributed by atoms with Gasteiger partial charge in [0, 0.05) is 18.3 Å². The number of hydrogen-bond donors (Lipinski definition) is 2. The van der Waals surface area contributed by atoms with E-state index in [-0.39, 0.29) is 17.1 Å². The van der Waals surface area contributed by atoms with Gasteiger partial charge in [-0.25, -0.2) is 22.2 Å². The van der Waals surface area contributed by atoms with Crippen LogP contribution in [0.2, 0.25) is 0 Å². The molecule has 0 saturated carbocycles. The van der Waals surface area contributed by atoms with E-state index in [4.69, 9.17) is 5.73 Å². The van der Waals surface area contributed by atoms with Crippen molar-refractivity contribution in [2.24, 2.45) is 5.73 Å². The van der Waals surface area contributed by atoms with Gasteiger partial charge >= 0.3 is 0 Å². The molecule has 6 nitrogen and oxygen atoms in total. The number of nitrogens with two attached hydrogens (primary N) is 1. The first kappa shape index (κ1) is 18.6. The van der Waals surface area contributed by atoms with Gasteiger partial charge in [-0.15, -0.1) is 0 Å². The number of nitrogens with zero attached hydrogens (tertiary/aromatic N) is 2. The number of nitrogens with one attached hydrogen (secondary N) is 1. The molecule has 0 atom stereocenters. The third-order valence-corrected chi connectivity index (χ3v) is 5.61. The molecule has 1 heterocycles. The fraction of sp³-hybridized carbons (Fsp3) is 0.438. The van der Waals surface area contributed by atoms with Crippen LogP contribution in [0.1, 0.15) is 32.3 Å². The summed E-state index contributed by atoms with van der Waals surface area (Å²) in [4.78, 5) is -0.137. The monoisotopic (exact) mass is 354 g/mol. The summed E-state index contributed by atoms with van der Waals surface area (Å²) in [5.41, 5.74) is 6.56. The summed E-state index contributed by atoms with van der Waals surface area (Å²) in [6.07, 6.45) is 4.54. The Morgan fingerprint density at radius 3 is 2.50 bits per heavy atom. The summed E-state index contributed by atoms with van der Waals surface area (Å²) in [7, 11) is -3.83. The molecule has 0 fully saturated rings. The molecular weight excluding hydrogens is 331 g/mol. The molecule has 0 aliphatic rings. The minimum absolute atomic E-state index is 0.101. The van der Waals surface area contributed by atoms with Gasteiger partial charge in [0.1, 0.15) is 11.5 Å². The highest BCUT2D eigenvalue weighted by atomic mass is 32.2. The molecule has 0 amide bonds. The van der Waals surface area contributed by atoms with E-state index in [9.17, 15) is 12.8 Å². The lowest BCUT2D eigenvalue weighted by Crippen LogP contribution is -2.49. The molecule has 8 heteroatoms. The minimum atomic E-state index is -3.83. The molecule has 0 radical (unpaired) electrons. The molecule has 24 heavy (non-hydrogen) atoms. The van der Waals surface area contributed by atoms with Crippen LogP contribution in [0, 0.1) is 12.7 Å². The van der Waals surface area contributed by atoms with Crippen molar-refractivity contribution in [1.82, 2.24) is 14.5 Å². The van der Waals surface area contributed by atoms with Gasteiger partial charge in [-0.2, -0.15) is 5.10 Å². The van der Waals surface area contributed by atoms with Crippen LogP contribution in [0.15, 0.2) is 35.5 Å². The summed E-state index contributed by atoms with van der Waals surface area (Å²) < 4.78 is 42.9. The summed E-state index contributed by atoms with van der Waals surface area (Å²) >= 11 is 0. The lowest BCUT2D eigenvalue weighted by Gasteiger charge is -2.26. The molecule has 1 aromatic heterocycles. The highest BCUT2D eigenvalue weighted by molar-refractivity contribution is 7.89. The van der Waals surface area contributed by atoms with Crippen LogP contribution in [-0.4, -0.2) is 30.3 Å². The SMILES string of the molecule is CCC(N)(CC)CNS(=O)(=O)c1ccc(-n2cc(C)cn2)c(F)c1. The smallest absolute Gasteiger partial charge is 0.240 e. The maximum Gasteiger partial charge on any atom is 0.240 e. The molecule has 3 N–H and O–H groups in total. The molecule has 0 aliphatic carbocycles. The molecule has 0 bridgehead atoms. The zero-order valence-corrected chi connectivity index (χ0v) is 14.9. The molecule has 0 saturated heterocycles. The largest absolute Gasteiger partial charge is 0.324 e. The summed E-state index contributed by atoms with van der Waals surface area (Å²) in [5, 5.41) is 4.02. The Hall–Kier alpha value is -1.77. The molecule has 0 spiro atoms. The van der Waals surface area contributed by atoms with Crippen LogP contribution < -0.4 is 10.5 Å². The Kier molecular flexibility index (Phi) is 5.42. The molecule has 1 aromatic carbocycles. The van der Waals surface area contributed by atoms with Crippen LogP contribution in [0.4, 0.5) is 4.39 Å². The second-order valence-electron chi connectivity index (χ2n) is 5.97. The quantitative estimate of drug-likeness (QED) is 0.797. The zero-order chi connectivity index (χ0) is 18.0. The average molecular weight is 354 g/mol. The van der Waals surface area contributed by atoms with E-state index < -0.39 is 21.4 Å². The van der Waals surface area contributed by atoms with Gasteiger partial charge in [0.15, 0.2) is 0 Å². The second kappa shape index (κ2) is 7.00. The molecular formula is C16H23FN4O2S. The van der Waals surface area contributed by atoms with Gasteiger partial charge in [-0.1, -0.05) is 13.8 Å². The fourth-order valence-corrected chi connectivity index (χ4v) is 3.36. The van der Waals surface area contributed by atoms with Crippen molar-refractivity contribution in [3.05, 3.63) is 42.0 Å². The van der Waals surface area contributed by atoms with E-state index in [1.54, 1.807) is 12.4 Å². The van der Waals surface area contributed by atoms with E-state index >= 15 is 0 Å². The predicted octanol–water partition coefficient (Wildman–Crippen LogP) is 2.12. The standard InChI is InChI=1S/C16H23FN4O2S/c1-4-16(18,5-2)11-20-24(22,23)13-6-7-15(14(17)8-13)21-10-12(3)9-19-21/h6-10,20H,4-5,11,18H2,1-3H3. The van der Waals surface area contributed by atoms with Crippen molar-refractivity contribution in [3.63, 3.8) is 0 Å². The van der Waals surface area contributed by atoms with Crippen molar-refractivity contribution in [2.45, 2.75) is 44.0 Å². The lowest BCUT2D eigenvalue weighted by atomic mass is 9.95. The predicted molar refractivity (Wildman–Crippen MR) is 90.9 cm³/mol. The van der Waals surface area contributed by atoms with Crippen LogP contribution in [0.3, 0.4) is 0 Å². The number of halogens is 1. The third kappa shape index (κ3) is 4.00. The highest BCUT2D eigenvalue weighted by Crippen LogP contribution is 2.19. The van der Waals surface area contributed by atoms with Gasteiger partial charge in [-0.3, -0.25) is 0 Å². The number of rotatable bonds is 7. The lowest BCUT2D eigenvalue weighted by molar-refractivity contribution is 0.391. The average Bonchev–Trinajstić information content (AvgIpc) is 2.99. The first-order valence-electron chi connectivity index (χ1n) is 7.80. The van der Waals surface area contributed by atoms with Crippen molar-refractivity contribution in [3.8, 4) is 5.69 Å². The van der Waals surface area contributed by atoms with Gasteiger partial charge in [0.05, 0.1) is 11.1 Å². The van der Waals surface area contributed by atoms with E-state index in [1.807, 2.05) is 20.8 Å². The fourth-order valence-electron chi connectivity index (χ4n) is 2.21. The molecule has 2 aromatic rings. The Labute approximate surface area is 141 Å². The first-order valence-corrected chi connectivity index (χ1v) is 9.29. The highest BCUT2D eigenvalue weighted by Gasteiger charge is 2.24. The third-order valence-electron chi connectivity index (χ3n) is 4.21. The molecule has 132 valence electrons. The molecule has 0 aliphatic heterocycles. The Morgan fingerprint density at radius 2 is 2.00 bits per heavy atom. The number of sulfonamides is 1. The van der Waals surface area contributed by atoms with Crippen molar-refractivity contribution < 1.29 is 12.8 Å². The summed E-state index contributed by atoms with van der Waals surface area (Å²) in [6, 6.07) is 3.74. The maximum absolute atomic E-state index is 14.3. The number of aryl methyl sites for hydroxylation is 1. The van der Waals surface area contributed by atoms with Crippen molar-refractivity contribution >= 4 is 10.0 Å². The molecule has 2 rings (SSSR count). The second-order valence-corrected chi connectivity index (χ2v) is 7.74. The Bertz CT molecular complexity index is 813. The van der Waals surface area contributed by atoms with Gasteiger partial charge in [-0.05, 0) is 43.5 Å². The van der Waals surface area contributed by atoms with Gasteiger partial charge < -0.3 is 5.73 Å². The van der Waals surface area contributed by atoms with Crippen LogP contribution >= 0.6 is 0 Å². The van der Waals surface area contributed by atoms with Crippen molar-refractivity contribution in [2.75, 3.05) is 6.54 Å². The van der Waals surface area contributed by atoms with Crippen LogP contribution in [0.5, 0.6) is 0 Å². The van der Waals surface area contributed by atoms with E-state index in [0.29, 0.717) is 12.8 Å². The zero-order valence-electron chi connectivity index (χ0n) is 14.1. The van der Waals surface area contributed by atoms with Gasteiger partial charge in [0.25, 0.3) is 0 Å². The van der Waals surface area contributed by atoms with E-state index in [0.717, 1.165) is 11.6 Å². The topological polar surface area (TPSA) is 90.0 Å². The van der Waals surface area contributed by atoms with Crippen molar-refractivity contribution in [1.29, 1.82) is 0 Å². The molecule has 0 unspecified atom stereocenters. The first-order chi connectivity index (χ1) is 11.2. The number of benzene rings is 1. The Morgan fingerprint density at radius 1 is 1.33 bits per heavy atom. The van der Waals surface area contributed by atoms with E-state index in [2.05, 4.69) is 9.82 Å². The number of aromatic nitrogens is 2. The van der Waals surface area contributed by atoms with Crippen LogP contribution in [0.25, 0.3) is 5.69 Å². The number of hydrogen-bond acceptors (Lipinski definition) is 4. The van der Waals surface area contributed by atoms with Gasteiger partial charge in [0.2, 0.25) is 10.0 Å². The summed E-state index contributed by atoms with van der Waals surface area (Å²) in [5.74, 6) is -0.661. The van der Waals surface area contributed by atoms with Crippen LogP contribution in [-0.2, 0) is 10.0 Å². The summed E-state index contributed by atoms with van der Waals surface area (Å²) in [6.45, 7) is 5.74. The Balaban J connectivity index is 2.24. The van der Waals surface area contributed by atoms with E-state index in [1.165, 1.54) is 16.8 Å². The minimum Gasteiger partial charge on any atom is -0.324 e. The normalized spacial score (nSPS) is 12.5.